The van der Waals surface area contributed by atoms with Crippen LogP contribution in [0, 0.1) is 6.92 Å². The van der Waals surface area contributed by atoms with Crippen molar-refractivity contribution in [3.63, 3.8) is 0 Å². The van der Waals surface area contributed by atoms with Crippen molar-refractivity contribution in [2.45, 2.75) is 6.92 Å². The number of para-hydroxylation sites is 1. The number of hydrogen-bond donors (Lipinski definition) is 1. The molecule has 5 nitrogen and oxygen atoms in total. The van der Waals surface area contributed by atoms with Crippen molar-refractivity contribution in [3.8, 4) is 22.4 Å². The number of ether oxygens (including phenoxy) is 1. The van der Waals surface area contributed by atoms with Crippen LogP contribution in [0.15, 0.2) is 88.7 Å². The molecule has 36 heavy (non-hydrogen) atoms. The molecule has 0 radical (unpaired) electrons. The predicted octanol–water partition coefficient (Wildman–Crippen LogP) is 7.74. The molecule has 0 aliphatic rings. The van der Waals surface area contributed by atoms with Crippen molar-refractivity contribution in [2.24, 2.45) is 0 Å². The normalized spacial score (nSPS) is 10.9. The zero-order valence-electron chi connectivity index (χ0n) is 19.5. The number of methoxy groups -OCH3 is 1. The number of nitrogens with one attached hydrogen (secondary N) is 1. The van der Waals surface area contributed by atoms with Gasteiger partial charge < -0.3 is 10.1 Å². The highest BCUT2D eigenvalue weighted by Gasteiger charge is 2.24. The number of esters is 1. The Morgan fingerprint density at radius 2 is 1.64 bits per heavy atom. The summed E-state index contributed by atoms with van der Waals surface area (Å²) in [6.07, 6.45) is 0. The highest BCUT2D eigenvalue weighted by Crippen LogP contribution is 2.37. The Morgan fingerprint density at radius 1 is 0.944 bits per heavy atom. The molecule has 2 aromatic heterocycles. The first kappa shape index (κ1) is 23.9. The van der Waals surface area contributed by atoms with Crippen LogP contribution in [0.4, 0.5) is 5.00 Å². The van der Waals surface area contributed by atoms with E-state index in [9.17, 15) is 9.59 Å². The zero-order valence-corrected chi connectivity index (χ0v) is 21.9. The minimum absolute atomic E-state index is 0.325. The van der Waals surface area contributed by atoms with Crippen molar-refractivity contribution in [1.29, 1.82) is 0 Å². The third-order valence-electron chi connectivity index (χ3n) is 5.87. The largest absolute Gasteiger partial charge is 0.465 e. The van der Waals surface area contributed by atoms with Crippen LogP contribution in [0.3, 0.4) is 0 Å². The van der Waals surface area contributed by atoms with E-state index < -0.39 is 5.97 Å². The summed E-state index contributed by atoms with van der Waals surface area (Å²) in [6.45, 7) is 2.01. The smallest absolute Gasteiger partial charge is 0.341 e. The van der Waals surface area contributed by atoms with Gasteiger partial charge in [-0.3, -0.25) is 4.79 Å². The number of anilines is 1. The minimum Gasteiger partial charge on any atom is -0.465 e. The summed E-state index contributed by atoms with van der Waals surface area (Å²) < 4.78 is 6.03. The Labute approximate surface area is 220 Å². The molecule has 1 N–H and O–H groups in total. The van der Waals surface area contributed by atoms with Gasteiger partial charge in [0, 0.05) is 26.4 Å². The maximum atomic E-state index is 13.6. The Balaban J connectivity index is 1.57. The Hall–Kier alpha value is -3.81. The fourth-order valence-electron chi connectivity index (χ4n) is 4.00. The first-order valence-corrected chi connectivity index (χ1v) is 12.9. The number of carbonyl (C=O) groups excluding carboxylic acids is 2. The fraction of sp³-hybridized carbons (Fsp3) is 0.0690. The van der Waals surface area contributed by atoms with Crippen molar-refractivity contribution >= 4 is 55.0 Å². The van der Waals surface area contributed by atoms with Gasteiger partial charge in [0.2, 0.25) is 0 Å². The second-order valence-electron chi connectivity index (χ2n) is 8.24. The van der Waals surface area contributed by atoms with Gasteiger partial charge in [-0.05, 0) is 36.8 Å². The van der Waals surface area contributed by atoms with E-state index in [-0.39, 0.29) is 5.91 Å². The average Bonchev–Trinajstić information content (AvgIpc) is 3.31. The third kappa shape index (κ3) is 4.67. The predicted molar refractivity (Wildman–Crippen MR) is 149 cm³/mol. The summed E-state index contributed by atoms with van der Waals surface area (Å²) >= 11 is 4.75. The SMILES string of the molecule is COC(=O)c1c(-c2ccc(C)cc2)csc1NC(=O)c1cc(-c2ccc(Br)cc2)nc2ccccc12. The maximum absolute atomic E-state index is 13.6. The summed E-state index contributed by atoms with van der Waals surface area (Å²) in [6, 6.07) is 25.0. The molecule has 5 rings (SSSR count). The van der Waals surface area contributed by atoms with E-state index in [4.69, 9.17) is 9.72 Å². The Bertz CT molecular complexity index is 1590. The molecule has 178 valence electrons. The maximum Gasteiger partial charge on any atom is 0.341 e. The number of halogens is 1. The molecule has 0 fully saturated rings. The number of rotatable bonds is 5. The van der Waals surface area contributed by atoms with Crippen LogP contribution in [0.2, 0.25) is 0 Å². The van der Waals surface area contributed by atoms with Gasteiger partial charge in [0.05, 0.1) is 23.9 Å². The zero-order chi connectivity index (χ0) is 25.2. The number of aryl methyl sites for hydroxylation is 1. The summed E-state index contributed by atoms with van der Waals surface area (Å²) in [5, 5.41) is 6.00. The van der Waals surface area contributed by atoms with E-state index in [1.54, 1.807) is 6.07 Å². The van der Waals surface area contributed by atoms with E-state index in [0.717, 1.165) is 32.1 Å². The van der Waals surface area contributed by atoms with Crippen molar-refractivity contribution < 1.29 is 14.3 Å². The summed E-state index contributed by atoms with van der Waals surface area (Å²) in [4.78, 5) is 31.2. The molecule has 5 aromatic rings. The number of thiophene rings is 1. The lowest BCUT2D eigenvalue weighted by molar-refractivity contribution is 0.0603. The molecular formula is C29H21BrN2O3S. The summed E-state index contributed by atoms with van der Waals surface area (Å²) in [5.74, 6) is -0.827. The van der Waals surface area contributed by atoms with E-state index in [1.807, 2.05) is 85.1 Å². The molecule has 1 amide bonds. The first-order valence-electron chi connectivity index (χ1n) is 11.2. The van der Waals surface area contributed by atoms with Gasteiger partial charge in [-0.2, -0.15) is 0 Å². The second-order valence-corrected chi connectivity index (χ2v) is 10.0. The van der Waals surface area contributed by atoms with Gasteiger partial charge in [0.1, 0.15) is 10.6 Å². The van der Waals surface area contributed by atoms with Crippen LogP contribution >= 0.6 is 27.3 Å². The summed E-state index contributed by atoms with van der Waals surface area (Å²) in [7, 11) is 1.34. The first-order chi connectivity index (χ1) is 17.4. The number of amides is 1. The molecule has 0 saturated heterocycles. The van der Waals surface area contributed by atoms with Crippen molar-refractivity contribution in [3.05, 3.63) is 105 Å². The monoisotopic (exact) mass is 556 g/mol. The van der Waals surface area contributed by atoms with Gasteiger partial charge >= 0.3 is 5.97 Å². The standard InChI is InChI=1S/C29H21BrN2O3S/c1-17-7-9-18(10-8-17)23-16-36-28(26(23)29(34)35-2)32-27(33)22-15-25(19-11-13-20(30)14-12-19)31-24-6-4-3-5-21(22)24/h3-16H,1-2H3,(H,32,33). The molecule has 7 heteroatoms. The van der Waals surface area contributed by atoms with E-state index >= 15 is 0 Å². The quantitative estimate of drug-likeness (QED) is 0.225. The molecule has 0 atom stereocenters. The molecule has 2 heterocycles. The Morgan fingerprint density at radius 3 is 2.36 bits per heavy atom. The highest BCUT2D eigenvalue weighted by molar-refractivity contribution is 9.10. The van der Waals surface area contributed by atoms with E-state index in [2.05, 4.69) is 21.2 Å². The van der Waals surface area contributed by atoms with Gasteiger partial charge in [-0.25, -0.2) is 9.78 Å². The number of aromatic nitrogens is 1. The number of benzene rings is 3. The van der Waals surface area contributed by atoms with Gasteiger partial charge in [-0.1, -0.05) is 76.1 Å². The van der Waals surface area contributed by atoms with Crippen LogP contribution in [0.25, 0.3) is 33.3 Å². The molecule has 0 aliphatic heterocycles. The van der Waals surface area contributed by atoms with Gasteiger partial charge in [0.25, 0.3) is 5.91 Å². The second kappa shape index (κ2) is 10.0. The van der Waals surface area contributed by atoms with Gasteiger partial charge in [-0.15, -0.1) is 11.3 Å². The molecule has 0 aliphatic carbocycles. The van der Waals surface area contributed by atoms with E-state index in [1.165, 1.54) is 18.4 Å². The van der Waals surface area contributed by atoms with Crippen LogP contribution in [0.5, 0.6) is 0 Å². The molecule has 0 unspecified atom stereocenters. The molecule has 0 spiro atoms. The minimum atomic E-state index is -0.503. The van der Waals surface area contributed by atoms with E-state index in [0.29, 0.717) is 27.3 Å². The lowest BCUT2D eigenvalue weighted by Crippen LogP contribution is -2.15. The number of pyridine rings is 1. The summed E-state index contributed by atoms with van der Waals surface area (Å²) in [5.41, 5.74) is 5.82. The lowest BCUT2D eigenvalue weighted by atomic mass is 10.0. The van der Waals surface area contributed by atoms with Crippen LogP contribution in [-0.2, 0) is 4.74 Å². The highest BCUT2D eigenvalue weighted by atomic mass is 79.9. The molecule has 0 bridgehead atoms. The number of fused-ring (bicyclic) bond motifs is 1. The number of nitrogens with zero attached hydrogens (tertiary/aromatic N) is 1. The van der Waals surface area contributed by atoms with Gasteiger partial charge in [0.15, 0.2) is 0 Å². The fourth-order valence-corrected chi connectivity index (χ4v) is 5.22. The lowest BCUT2D eigenvalue weighted by Gasteiger charge is -2.11. The van der Waals surface area contributed by atoms with Crippen LogP contribution in [-0.4, -0.2) is 24.0 Å². The van der Waals surface area contributed by atoms with Crippen LogP contribution in [0.1, 0.15) is 26.3 Å². The van der Waals surface area contributed by atoms with Crippen LogP contribution < -0.4 is 5.32 Å². The van der Waals surface area contributed by atoms with Crippen molar-refractivity contribution in [2.75, 3.05) is 12.4 Å². The average molecular weight is 557 g/mol. The molecule has 0 saturated carbocycles. The third-order valence-corrected chi connectivity index (χ3v) is 7.30. The molecular weight excluding hydrogens is 536 g/mol. The molecule has 3 aromatic carbocycles. The van der Waals surface area contributed by atoms with Crippen molar-refractivity contribution in [1.82, 2.24) is 4.98 Å². The topological polar surface area (TPSA) is 68.3 Å². The number of carbonyl (C=O) groups is 2. The Kier molecular flexibility index (Phi) is 6.67. The number of hydrogen-bond acceptors (Lipinski definition) is 5.